The molecule has 0 aliphatic heterocycles. The molecule has 20 heavy (non-hydrogen) atoms. The van der Waals surface area contributed by atoms with Crippen molar-refractivity contribution in [2.24, 2.45) is 0 Å². The van der Waals surface area contributed by atoms with Crippen LogP contribution < -0.4 is 5.32 Å². The van der Waals surface area contributed by atoms with E-state index in [2.05, 4.69) is 5.32 Å². The minimum atomic E-state index is -0.402. The van der Waals surface area contributed by atoms with E-state index in [4.69, 9.17) is 4.74 Å². The Morgan fingerprint density at radius 3 is 2.45 bits per heavy atom. The third kappa shape index (κ3) is 3.55. The Kier molecular flexibility index (Phi) is 4.68. The van der Waals surface area contributed by atoms with Crippen LogP contribution in [0, 0.1) is 10.1 Å². The van der Waals surface area contributed by atoms with Gasteiger partial charge in [-0.2, -0.15) is 0 Å². The molecule has 0 aliphatic carbocycles. The van der Waals surface area contributed by atoms with Gasteiger partial charge in [0.25, 0.3) is 5.69 Å². The number of nitrogens with one attached hydrogen (secondary N) is 1. The third-order valence-corrected chi connectivity index (χ3v) is 2.91. The van der Waals surface area contributed by atoms with Gasteiger partial charge < -0.3 is 10.1 Å². The molecule has 0 atom stereocenters. The number of ether oxygens (including phenoxy) is 1. The van der Waals surface area contributed by atoms with Crippen molar-refractivity contribution in [2.45, 2.75) is 13.2 Å². The summed E-state index contributed by atoms with van der Waals surface area (Å²) in [5, 5.41) is 13.7. The Morgan fingerprint density at radius 1 is 1.10 bits per heavy atom. The molecule has 0 saturated heterocycles. The van der Waals surface area contributed by atoms with Crippen LogP contribution in [0.4, 0.5) is 11.4 Å². The first-order valence-corrected chi connectivity index (χ1v) is 6.27. The Hall–Kier alpha value is -2.40. The second kappa shape index (κ2) is 6.68. The van der Waals surface area contributed by atoms with Crippen molar-refractivity contribution in [1.29, 1.82) is 0 Å². The molecule has 0 saturated carbocycles. The highest BCUT2D eigenvalue weighted by molar-refractivity contribution is 5.62. The summed E-state index contributed by atoms with van der Waals surface area (Å²) in [6.45, 7) is 0.939. The first-order valence-electron chi connectivity index (χ1n) is 6.27. The van der Waals surface area contributed by atoms with E-state index in [1.54, 1.807) is 19.2 Å². The quantitative estimate of drug-likeness (QED) is 0.647. The molecule has 0 radical (unpaired) electrons. The fourth-order valence-electron chi connectivity index (χ4n) is 1.89. The van der Waals surface area contributed by atoms with Crippen LogP contribution >= 0.6 is 0 Å². The van der Waals surface area contributed by atoms with E-state index in [-0.39, 0.29) is 5.69 Å². The van der Waals surface area contributed by atoms with E-state index in [9.17, 15) is 10.1 Å². The fourth-order valence-corrected chi connectivity index (χ4v) is 1.89. The Balaban J connectivity index is 1.98. The Bertz CT molecular complexity index is 585. The summed E-state index contributed by atoms with van der Waals surface area (Å²) in [5.74, 6) is 0. The molecule has 0 fully saturated rings. The van der Waals surface area contributed by atoms with E-state index >= 15 is 0 Å². The summed E-state index contributed by atoms with van der Waals surface area (Å²) >= 11 is 0. The van der Waals surface area contributed by atoms with Crippen molar-refractivity contribution in [3.05, 3.63) is 69.8 Å². The summed E-state index contributed by atoms with van der Waals surface area (Å²) in [6.07, 6.45) is 0. The highest BCUT2D eigenvalue weighted by Gasteiger charge is 2.12. The lowest BCUT2D eigenvalue weighted by atomic mass is 10.2. The standard InChI is InChI=1S/C15H16N2O3/c1-16-14-9-13(7-8-15(14)17(18)19)11-20-10-12-5-3-2-4-6-12/h2-9,16H,10-11H2,1H3. The molecule has 5 nitrogen and oxygen atoms in total. The van der Waals surface area contributed by atoms with Crippen molar-refractivity contribution in [2.75, 3.05) is 12.4 Å². The Morgan fingerprint density at radius 2 is 1.80 bits per heavy atom. The molecule has 0 bridgehead atoms. The topological polar surface area (TPSA) is 64.4 Å². The van der Waals surface area contributed by atoms with Crippen LogP contribution in [0.3, 0.4) is 0 Å². The molecule has 104 valence electrons. The maximum absolute atomic E-state index is 10.8. The second-order valence-electron chi connectivity index (χ2n) is 4.34. The zero-order chi connectivity index (χ0) is 14.4. The fraction of sp³-hybridized carbons (Fsp3) is 0.200. The molecule has 1 N–H and O–H groups in total. The molecule has 0 unspecified atom stereocenters. The number of rotatable bonds is 6. The molecule has 2 aromatic carbocycles. The van der Waals surface area contributed by atoms with Gasteiger partial charge in [-0.05, 0) is 23.3 Å². The van der Waals surface area contributed by atoms with Crippen LogP contribution in [-0.4, -0.2) is 12.0 Å². The van der Waals surface area contributed by atoms with E-state index in [0.29, 0.717) is 18.9 Å². The Labute approximate surface area is 117 Å². The van der Waals surface area contributed by atoms with Crippen molar-refractivity contribution in [3.63, 3.8) is 0 Å². The number of nitro groups is 1. The third-order valence-electron chi connectivity index (χ3n) is 2.91. The van der Waals surface area contributed by atoms with Crippen molar-refractivity contribution in [3.8, 4) is 0 Å². The van der Waals surface area contributed by atoms with Gasteiger partial charge in [-0.1, -0.05) is 30.3 Å². The van der Waals surface area contributed by atoms with Crippen molar-refractivity contribution < 1.29 is 9.66 Å². The van der Waals surface area contributed by atoms with Crippen LogP contribution in [0.25, 0.3) is 0 Å². The first-order chi connectivity index (χ1) is 9.70. The van der Waals surface area contributed by atoms with Crippen LogP contribution in [-0.2, 0) is 18.0 Å². The SMILES string of the molecule is CNc1cc(COCc2ccccc2)ccc1[N+](=O)[O-]. The monoisotopic (exact) mass is 272 g/mol. The number of anilines is 1. The summed E-state index contributed by atoms with van der Waals surface area (Å²) < 4.78 is 5.61. The molecule has 5 heteroatoms. The molecule has 2 rings (SSSR count). The highest BCUT2D eigenvalue weighted by atomic mass is 16.6. The zero-order valence-electron chi connectivity index (χ0n) is 11.2. The number of nitro benzene ring substituents is 1. The average molecular weight is 272 g/mol. The lowest BCUT2D eigenvalue weighted by Crippen LogP contribution is -1.99. The lowest BCUT2D eigenvalue weighted by molar-refractivity contribution is -0.384. The molecule has 0 spiro atoms. The number of hydrogen-bond acceptors (Lipinski definition) is 4. The summed E-state index contributed by atoms with van der Waals surface area (Å²) in [6, 6.07) is 14.8. The van der Waals surface area contributed by atoms with Crippen LogP contribution in [0.2, 0.25) is 0 Å². The maximum Gasteiger partial charge on any atom is 0.292 e. The van der Waals surface area contributed by atoms with Gasteiger partial charge in [-0.25, -0.2) is 0 Å². The van der Waals surface area contributed by atoms with Gasteiger partial charge in [-0.3, -0.25) is 10.1 Å². The van der Waals surface area contributed by atoms with Gasteiger partial charge in [0.2, 0.25) is 0 Å². The van der Waals surface area contributed by atoms with Gasteiger partial charge in [0, 0.05) is 13.1 Å². The zero-order valence-corrected chi connectivity index (χ0v) is 11.2. The van der Waals surface area contributed by atoms with Gasteiger partial charge >= 0.3 is 0 Å². The number of hydrogen-bond donors (Lipinski definition) is 1. The number of benzene rings is 2. The first kappa shape index (κ1) is 14.0. The molecule has 0 aromatic heterocycles. The van der Waals surface area contributed by atoms with Gasteiger partial charge in [0.1, 0.15) is 5.69 Å². The second-order valence-corrected chi connectivity index (χ2v) is 4.34. The predicted octanol–water partition coefficient (Wildman–Crippen LogP) is 3.35. The molecule has 2 aromatic rings. The van der Waals surface area contributed by atoms with E-state index < -0.39 is 4.92 Å². The summed E-state index contributed by atoms with van der Waals surface area (Å²) in [7, 11) is 1.66. The largest absolute Gasteiger partial charge is 0.383 e. The van der Waals surface area contributed by atoms with E-state index in [0.717, 1.165) is 11.1 Å². The normalized spacial score (nSPS) is 10.2. The molecule has 0 amide bonds. The average Bonchev–Trinajstić information content (AvgIpc) is 2.48. The number of nitrogens with zero attached hydrogens (tertiary/aromatic N) is 1. The van der Waals surface area contributed by atoms with Crippen molar-refractivity contribution in [1.82, 2.24) is 0 Å². The summed E-state index contributed by atoms with van der Waals surface area (Å²) in [5.41, 5.74) is 2.56. The van der Waals surface area contributed by atoms with Crippen LogP contribution in [0.5, 0.6) is 0 Å². The highest BCUT2D eigenvalue weighted by Crippen LogP contribution is 2.25. The van der Waals surface area contributed by atoms with Crippen molar-refractivity contribution >= 4 is 11.4 Å². The minimum Gasteiger partial charge on any atom is -0.383 e. The van der Waals surface area contributed by atoms with E-state index in [1.165, 1.54) is 6.07 Å². The van der Waals surface area contributed by atoms with Crippen LogP contribution in [0.15, 0.2) is 48.5 Å². The minimum absolute atomic E-state index is 0.0688. The smallest absolute Gasteiger partial charge is 0.292 e. The lowest BCUT2D eigenvalue weighted by Gasteiger charge is -2.07. The molecule has 0 heterocycles. The predicted molar refractivity (Wildman–Crippen MR) is 77.6 cm³/mol. The van der Waals surface area contributed by atoms with Crippen LogP contribution in [0.1, 0.15) is 11.1 Å². The van der Waals surface area contributed by atoms with Gasteiger partial charge in [0.15, 0.2) is 0 Å². The maximum atomic E-state index is 10.8. The molecule has 0 aliphatic rings. The van der Waals surface area contributed by atoms with E-state index in [1.807, 2.05) is 30.3 Å². The summed E-state index contributed by atoms with van der Waals surface area (Å²) in [4.78, 5) is 10.4. The van der Waals surface area contributed by atoms with Gasteiger partial charge in [-0.15, -0.1) is 0 Å². The molecular formula is C15H16N2O3. The van der Waals surface area contributed by atoms with Gasteiger partial charge in [0.05, 0.1) is 18.1 Å². The molecular weight excluding hydrogens is 256 g/mol.